The first-order valence-corrected chi connectivity index (χ1v) is 5.23. The zero-order chi connectivity index (χ0) is 10.4. The number of carbonyl (C=O) groups is 1. The Labute approximate surface area is 84.8 Å². The van der Waals surface area contributed by atoms with Crippen LogP contribution in [0.4, 0.5) is 0 Å². The lowest BCUT2D eigenvalue weighted by Gasteiger charge is -2.20. The van der Waals surface area contributed by atoms with E-state index in [4.69, 9.17) is 9.84 Å². The van der Waals surface area contributed by atoms with Gasteiger partial charge in [0.25, 0.3) is 0 Å². The molecule has 1 aliphatic rings. The highest BCUT2D eigenvalue weighted by atomic mass is 16.5. The molecule has 0 amide bonds. The monoisotopic (exact) mass is 198 g/mol. The lowest BCUT2D eigenvalue weighted by Crippen LogP contribution is -2.26. The highest BCUT2D eigenvalue weighted by Crippen LogP contribution is 2.16. The summed E-state index contributed by atoms with van der Waals surface area (Å²) < 4.78 is 5.45. The predicted molar refractivity (Wildman–Crippen MR) is 54.2 cm³/mol. The van der Waals surface area contributed by atoms with Crippen LogP contribution in [0.3, 0.4) is 0 Å². The average Bonchev–Trinajstić information content (AvgIpc) is 2.08. The Morgan fingerprint density at radius 1 is 1.43 bits per heavy atom. The number of ether oxygens (including phenoxy) is 1. The van der Waals surface area contributed by atoms with Crippen LogP contribution >= 0.6 is 0 Å². The van der Waals surface area contributed by atoms with Crippen LogP contribution in [0.1, 0.15) is 39.0 Å². The van der Waals surface area contributed by atoms with Crippen LogP contribution in [0.25, 0.3) is 0 Å². The first-order chi connectivity index (χ1) is 6.70. The molecule has 3 nitrogen and oxygen atoms in total. The summed E-state index contributed by atoms with van der Waals surface area (Å²) in [5.74, 6) is -0.873. The van der Waals surface area contributed by atoms with Crippen LogP contribution < -0.4 is 0 Å². The number of allylic oxidation sites excluding steroid dienone is 2. The van der Waals surface area contributed by atoms with Crippen molar-refractivity contribution in [2.24, 2.45) is 0 Å². The van der Waals surface area contributed by atoms with Crippen molar-refractivity contribution in [3.8, 4) is 0 Å². The third-order valence-electron chi connectivity index (χ3n) is 2.46. The van der Waals surface area contributed by atoms with Crippen molar-refractivity contribution in [2.75, 3.05) is 0 Å². The number of carboxylic acids is 1. The number of aliphatic carboxylic acids is 1. The van der Waals surface area contributed by atoms with Gasteiger partial charge < -0.3 is 9.84 Å². The zero-order valence-corrected chi connectivity index (χ0v) is 8.61. The largest absolute Gasteiger partial charge is 0.479 e. The maximum Gasteiger partial charge on any atom is 0.332 e. The minimum atomic E-state index is -0.873. The summed E-state index contributed by atoms with van der Waals surface area (Å²) >= 11 is 0. The molecule has 1 unspecified atom stereocenters. The minimum absolute atomic E-state index is 0.117. The maximum absolute atomic E-state index is 10.6. The molecule has 0 fully saturated rings. The van der Waals surface area contributed by atoms with Crippen LogP contribution in [-0.4, -0.2) is 23.3 Å². The van der Waals surface area contributed by atoms with E-state index in [0.717, 1.165) is 32.1 Å². The van der Waals surface area contributed by atoms with Gasteiger partial charge in [0.1, 0.15) is 0 Å². The van der Waals surface area contributed by atoms with Gasteiger partial charge in [0.2, 0.25) is 0 Å². The second-order valence-electron chi connectivity index (χ2n) is 3.72. The maximum atomic E-state index is 10.6. The molecule has 0 bridgehead atoms. The van der Waals surface area contributed by atoms with E-state index in [0.29, 0.717) is 0 Å². The van der Waals surface area contributed by atoms with Gasteiger partial charge in [-0.3, -0.25) is 0 Å². The fourth-order valence-corrected chi connectivity index (χ4v) is 1.61. The number of hydrogen-bond acceptors (Lipinski definition) is 2. The molecule has 0 aliphatic heterocycles. The molecule has 3 heteroatoms. The molecule has 1 aliphatic carbocycles. The van der Waals surface area contributed by atoms with E-state index in [1.54, 1.807) is 6.92 Å². The normalized spacial score (nSPS) is 27.4. The van der Waals surface area contributed by atoms with E-state index in [1.165, 1.54) is 0 Å². The van der Waals surface area contributed by atoms with E-state index in [9.17, 15) is 4.79 Å². The van der Waals surface area contributed by atoms with Crippen LogP contribution in [0.5, 0.6) is 0 Å². The van der Waals surface area contributed by atoms with Gasteiger partial charge in [-0.25, -0.2) is 4.79 Å². The van der Waals surface area contributed by atoms with Gasteiger partial charge in [-0.2, -0.15) is 0 Å². The second-order valence-corrected chi connectivity index (χ2v) is 3.72. The van der Waals surface area contributed by atoms with Crippen molar-refractivity contribution >= 4 is 5.97 Å². The summed E-state index contributed by atoms with van der Waals surface area (Å²) in [4.78, 5) is 10.6. The molecule has 80 valence electrons. The summed E-state index contributed by atoms with van der Waals surface area (Å²) in [5, 5.41) is 8.70. The Hall–Kier alpha value is -0.830. The van der Waals surface area contributed by atoms with Crippen molar-refractivity contribution in [1.29, 1.82) is 0 Å². The van der Waals surface area contributed by atoms with Gasteiger partial charge in [0.05, 0.1) is 6.10 Å². The van der Waals surface area contributed by atoms with Crippen LogP contribution in [0, 0.1) is 0 Å². The Morgan fingerprint density at radius 3 is 2.86 bits per heavy atom. The fourth-order valence-electron chi connectivity index (χ4n) is 1.61. The molecule has 0 saturated heterocycles. The number of hydrogen-bond donors (Lipinski definition) is 1. The van der Waals surface area contributed by atoms with E-state index >= 15 is 0 Å². The van der Waals surface area contributed by atoms with Gasteiger partial charge >= 0.3 is 5.97 Å². The summed E-state index contributed by atoms with van der Waals surface area (Å²) in [6, 6.07) is 0. The van der Waals surface area contributed by atoms with Crippen molar-refractivity contribution < 1.29 is 14.6 Å². The van der Waals surface area contributed by atoms with Crippen molar-refractivity contribution in [2.45, 2.75) is 51.2 Å². The van der Waals surface area contributed by atoms with E-state index < -0.39 is 12.1 Å². The third kappa shape index (κ3) is 3.92. The zero-order valence-electron chi connectivity index (χ0n) is 8.61. The Balaban J connectivity index is 2.35. The smallest absolute Gasteiger partial charge is 0.332 e. The molecule has 0 aromatic carbocycles. The van der Waals surface area contributed by atoms with Gasteiger partial charge in [-0.1, -0.05) is 12.2 Å². The molecule has 0 spiro atoms. The Bertz CT molecular complexity index is 211. The quantitative estimate of drug-likeness (QED) is 0.708. The Morgan fingerprint density at radius 2 is 2.14 bits per heavy atom. The van der Waals surface area contributed by atoms with Crippen LogP contribution in [0.2, 0.25) is 0 Å². The van der Waals surface area contributed by atoms with Crippen molar-refractivity contribution in [3.05, 3.63) is 12.2 Å². The molecule has 0 aromatic heterocycles. The molecule has 0 saturated carbocycles. The average molecular weight is 198 g/mol. The molecule has 0 aromatic rings. The van der Waals surface area contributed by atoms with Crippen molar-refractivity contribution in [3.63, 3.8) is 0 Å². The van der Waals surface area contributed by atoms with E-state index in [2.05, 4.69) is 12.2 Å². The highest BCUT2D eigenvalue weighted by molar-refractivity contribution is 5.71. The molecule has 0 heterocycles. The topological polar surface area (TPSA) is 46.5 Å². The predicted octanol–water partition coefficient (Wildman–Crippen LogP) is 2.37. The number of carboxylic acid groups (broad SMARTS) is 1. The van der Waals surface area contributed by atoms with Gasteiger partial charge in [0, 0.05) is 0 Å². The summed E-state index contributed by atoms with van der Waals surface area (Å²) in [5.41, 5.74) is 0. The minimum Gasteiger partial charge on any atom is -0.479 e. The molecule has 14 heavy (non-hydrogen) atoms. The Kier molecular flexibility index (Phi) is 4.66. The molecule has 0 radical (unpaired) electrons. The first kappa shape index (κ1) is 11.2. The summed E-state index contributed by atoms with van der Waals surface area (Å²) in [7, 11) is 0. The fraction of sp³-hybridized carbons (Fsp3) is 0.727. The molecular formula is C11H18O3. The number of rotatable bonds is 3. The summed E-state index contributed by atoms with van der Waals surface area (Å²) in [6.45, 7) is 1.59. The first-order valence-electron chi connectivity index (χ1n) is 5.23. The second kappa shape index (κ2) is 5.81. The van der Waals surface area contributed by atoms with E-state index in [1.807, 2.05) is 0 Å². The van der Waals surface area contributed by atoms with Gasteiger partial charge in [-0.05, 0) is 39.0 Å². The SMILES string of the molecule is CC(O[C@H]1CC/C=C\CCC1)C(=O)O. The summed E-state index contributed by atoms with van der Waals surface area (Å²) in [6.07, 6.45) is 8.87. The highest BCUT2D eigenvalue weighted by Gasteiger charge is 2.18. The molecular weight excluding hydrogens is 180 g/mol. The van der Waals surface area contributed by atoms with Crippen molar-refractivity contribution in [1.82, 2.24) is 0 Å². The van der Waals surface area contributed by atoms with Crippen LogP contribution in [-0.2, 0) is 9.53 Å². The molecule has 1 N–H and O–H groups in total. The lowest BCUT2D eigenvalue weighted by atomic mass is 10.0. The lowest BCUT2D eigenvalue weighted by molar-refractivity contribution is -0.153. The van der Waals surface area contributed by atoms with E-state index in [-0.39, 0.29) is 6.10 Å². The molecule has 2 atom stereocenters. The standard InChI is InChI=1S/C11H18O3/c1-9(11(12)13)14-10-7-5-3-2-4-6-8-10/h2-3,9-10H,4-8H2,1H3,(H,12,13)/b3-2-/t9?,10-/m0/s1. The van der Waals surface area contributed by atoms with Gasteiger partial charge in [-0.15, -0.1) is 0 Å². The van der Waals surface area contributed by atoms with Crippen LogP contribution in [0.15, 0.2) is 12.2 Å². The third-order valence-corrected chi connectivity index (χ3v) is 2.46. The van der Waals surface area contributed by atoms with Gasteiger partial charge in [0.15, 0.2) is 6.10 Å². The molecule has 1 rings (SSSR count).